The highest BCUT2D eigenvalue weighted by Crippen LogP contribution is 2.32. The lowest BCUT2D eigenvalue weighted by Gasteiger charge is -2.25. The van der Waals surface area contributed by atoms with E-state index in [1.54, 1.807) is 0 Å². The largest absolute Gasteiger partial charge is 0.381 e. The molecule has 1 aliphatic heterocycles. The van der Waals surface area contributed by atoms with E-state index in [0.29, 0.717) is 6.04 Å². The average molecular weight is 276 g/mol. The van der Waals surface area contributed by atoms with Crippen molar-refractivity contribution in [2.24, 2.45) is 5.92 Å². The van der Waals surface area contributed by atoms with Crippen LogP contribution in [0.5, 0.6) is 0 Å². The minimum absolute atomic E-state index is 0.375. The van der Waals surface area contributed by atoms with Crippen molar-refractivity contribution >= 4 is 21.6 Å². The quantitative estimate of drug-likeness (QED) is 0.929. The molecule has 2 heterocycles. The Hall–Kier alpha value is -0.970. The summed E-state index contributed by atoms with van der Waals surface area (Å²) in [7, 11) is 2.04. The van der Waals surface area contributed by atoms with Gasteiger partial charge in [-0.15, -0.1) is 11.3 Å². The van der Waals surface area contributed by atoms with E-state index in [1.165, 1.54) is 29.0 Å². The summed E-state index contributed by atoms with van der Waals surface area (Å²) in [5, 5.41) is 4.65. The fourth-order valence-corrected chi connectivity index (χ4v) is 3.79. The van der Waals surface area contributed by atoms with Crippen LogP contribution in [0.2, 0.25) is 0 Å². The van der Waals surface area contributed by atoms with E-state index in [-0.39, 0.29) is 0 Å². The first-order chi connectivity index (χ1) is 9.36. The third kappa shape index (κ3) is 2.96. The third-order valence-electron chi connectivity index (χ3n) is 3.87. The fraction of sp³-hybridized carbons (Fsp3) is 0.533. The highest BCUT2D eigenvalue weighted by molar-refractivity contribution is 7.18. The Labute approximate surface area is 118 Å². The molecule has 2 aromatic rings. The zero-order valence-corrected chi connectivity index (χ0v) is 12.1. The van der Waals surface area contributed by atoms with Gasteiger partial charge in [0.25, 0.3) is 0 Å². The number of hydrogen-bond donors (Lipinski definition) is 1. The van der Waals surface area contributed by atoms with Gasteiger partial charge in [0.15, 0.2) is 0 Å². The third-order valence-corrected chi connectivity index (χ3v) is 5.02. The summed E-state index contributed by atoms with van der Waals surface area (Å²) in [6.45, 7) is 1.84. The maximum Gasteiger partial charge on any atom is 0.111 e. The molecular formula is C15H20N2OS. The molecule has 0 radical (unpaired) electrons. The molecule has 1 saturated heterocycles. The number of aromatic nitrogens is 1. The van der Waals surface area contributed by atoms with E-state index in [9.17, 15) is 0 Å². The zero-order chi connectivity index (χ0) is 13.1. The molecule has 1 atom stereocenters. The topological polar surface area (TPSA) is 34.1 Å². The lowest BCUT2D eigenvalue weighted by atomic mass is 9.93. The first-order valence-electron chi connectivity index (χ1n) is 6.97. The summed E-state index contributed by atoms with van der Waals surface area (Å²) in [5.41, 5.74) is 1.12. The molecular weight excluding hydrogens is 256 g/mol. The van der Waals surface area contributed by atoms with Crippen LogP contribution in [-0.4, -0.2) is 25.2 Å². The Kier molecular flexibility index (Phi) is 4.11. The number of benzene rings is 1. The summed E-state index contributed by atoms with van der Waals surface area (Å²) >= 11 is 1.81. The Balaban J connectivity index is 1.76. The van der Waals surface area contributed by atoms with Crippen molar-refractivity contribution < 1.29 is 4.74 Å². The molecule has 102 valence electrons. The smallest absolute Gasteiger partial charge is 0.111 e. The summed E-state index contributed by atoms with van der Waals surface area (Å²) in [5.74, 6) is 0.762. The van der Waals surface area contributed by atoms with Gasteiger partial charge in [0.2, 0.25) is 0 Å². The van der Waals surface area contributed by atoms with E-state index in [0.717, 1.165) is 24.6 Å². The van der Waals surface area contributed by atoms with Gasteiger partial charge < -0.3 is 10.1 Å². The van der Waals surface area contributed by atoms with E-state index < -0.39 is 0 Å². The molecule has 0 spiro atoms. The predicted octanol–water partition coefficient (Wildman–Crippen LogP) is 3.37. The van der Waals surface area contributed by atoms with Crippen molar-refractivity contribution in [2.75, 3.05) is 20.3 Å². The van der Waals surface area contributed by atoms with E-state index >= 15 is 0 Å². The number of nitrogens with zero attached hydrogens (tertiary/aromatic N) is 1. The van der Waals surface area contributed by atoms with Crippen molar-refractivity contribution in [3.8, 4) is 0 Å². The molecule has 19 heavy (non-hydrogen) atoms. The van der Waals surface area contributed by atoms with Crippen molar-refractivity contribution in [1.29, 1.82) is 0 Å². The van der Waals surface area contributed by atoms with E-state index in [4.69, 9.17) is 9.72 Å². The molecule has 1 aromatic heterocycles. The van der Waals surface area contributed by atoms with Crippen molar-refractivity contribution in [3.63, 3.8) is 0 Å². The van der Waals surface area contributed by atoms with Gasteiger partial charge in [0, 0.05) is 13.2 Å². The Morgan fingerprint density at radius 1 is 1.37 bits per heavy atom. The van der Waals surface area contributed by atoms with Crippen LogP contribution in [0.3, 0.4) is 0 Å². The zero-order valence-electron chi connectivity index (χ0n) is 11.3. The van der Waals surface area contributed by atoms with Crippen LogP contribution in [0.25, 0.3) is 10.2 Å². The molecule has 1 N–H and O–H groups in total. The van der Waals surface area contributed by atoms with Crippen LogP contribution < -0.4 is 5.32 Å². The summed E-state index contributed by atoms with van der Waals surface area (Å²) in [4.78, 5) is 4.77. The molecule has 1 fully saturated rings. The number of nitrogens with one attached hydrogen (secondary N) is 1. The van der Waals surface area contributed by atoms with Crippen molar-refractivity contribution in [1.82, 2.24) is 10.3 Å². The van der Waals surface area contributed by atoms with Crippen LogP contribution in [-0.2, 0) is 4.74 Å². The summed E-state index contributed by atoms with van der Waals surface area (Å²) in [6, 6.07) is 8.75. The number of hydrogen-bond acceptors (Lipinski definition) is 4. The predicted molar refractivity (Wildman–Crippen MR) is 79.6 cm³/mol. The number of fused-ring (bicyclic) bond motifs is 1. The maximum atomic E-state index is 5.44. The first-order valence-corrected chi connectivity index (χ1v) is 7.79. The fourth-order valence-electron chi connectivity index (χ4n) is 2.70. The minimum Gasteiger partial charge on any atom is -0.381 e. The molecule has 0 saturated carbocycles. The highest BCUT2D eigenvalue weighted by Gasteiger charge is 2.21. The standard InChI is InChI=1S/C15H20N2OS/c1-16-13(10-11-6-8-18-9-7-11)15-17-12-4-2-3-5-14(12)19-15/h2-5,11,13,16H,6-10H2,1H3. The van der Waals surface area contributed by atoms with Gasteiger partial charge in [0.1, 0.15) is 5.01 Å². The van der Waals surface area contributed by atoms with Crippen molar-refractivity contribution in [3.05, 3.63) is 29.3 Å². The van der Waals surface area contributed by atoms with Crippen LogP contribution in [0.15, 0.2) is 24.3 Å². The van der Waals surface area contributed by atoms with E-state index in [2.05, 4.69) is 29.6 Å². The Bertz CT molecular complexity index is 501. The summed E-state index contributed by atoms with van der Waals surface area (Å²) < 4.78 is 6.72. The lowest BCUT2D eigenvalue weighted by molar-refractivity contribution is 0.0608. The summed E-state index contributed by atoms with van der Waals surface area (Å²) in [6.07, 6.45) is 3.53. The van der Waals surface area contributed by atoms with Crippen LogP contribution >= 0.6 is 11.3 Å². The second kappa shape index (κ2) is 5.99. The molecule has 0 aliphatic carbocycles. The number of rotatable bonds is 4. The SMILES string of the molecule is CNC(CC1CCOCC1)c1nc2ccccc2s1. The monoisotopic (exact) mass is 276 g/mol. The van der Waals surface area contributed by atoms with Gasteiger partial charge >= 0.3 is 0 Å². The van der Waals surface area contributed by atoms with Gasteiger partial charge in [-0.3, -0.25) is 0 Å². The van der Waals surface area contributed by atoms with Gasteiger partial charge in [-0.2, -0.15) is 0 Å². The average Bonchev–Trinajstić information content (AvgIpc) is 2.89. The second-order valence-corrected chi connectivity index (χ2v) is 6.21. The Morgan fingerprint density at radius 2 is 2.16 bits per heavy atom. The maximum absolute atomic E-state index is 5.44. The molecule has 0 bridgehead atoms. The molecule has 1 aliphatic rings. The van der Waals surface area contributed by atoms with Crippen molar-refractivity contribution in [2.45, 2.75) is 25.3 Å². The van der Waals surface area contributed by atoms with Crippen LogP contribution in [0.1, 0.15) is 30.3 Å². The van der Waals surface area contributed by atoms with Gasteiger partial charge in [0.05, 0.1) is 16.3 Å². The van der Waals surface area contributed by atoms with Gasteiger partial charge in [-0.1, -0.05) is 12.1 Å². The molecule has 0 amide bonds. The highest BCUT2D eigenvalue weighted by atomic mass is 32.1. The van der Waals surface area contributed by atoms with Gasteiger partial charge in [-0.05, 0) is 44.4 Å². The second-order valence-electron chi connectivity index (χ2n) is 5.15. The molecule has 3 rings (SSSR count). The van der Waals surface area contributed by atoms with E-state index in [1.807, 2.05) is 18.4 Å². The lowest BCUT2D eigenvalue weighted by Crippen LogP contribution is -2.23. The molecule has 4 heteroatoms. The number of ether oxygens (including phenoxy) is 1. The number of thiazole rings is 1. The Morgan fingerprint density at radius 3 is 2.89 bits per heavy atom. The molecule has 3 nitrogen and oxygen atoms in total. The normalized spacial score (nSPS) is 18.8. The van der Waals surface area contributed by atoms with Crippen LogP contribution in [0.4, 0.5) is 0 Å². The number of para-hydroxylation sites is 1. The first kappa shape index (κ1) is 13.0. The van der Waals surface area contributed by atoms with Gasteiger partial charge in [-0.25, -0.2) is 4.98 Å². The molecule has 1 unspecified atom stereocenters. The van der Waals surface area contributed by atoms with Crippen LogP contribution in [0, 0.1) is 5.92 Å². The molecule has 1 aromatic carbocycles. The minimum atomic E-state index is 0.375.